The standard InChI is InChI=1S/C48H49N/c1-10-35-26-42(39-17-13-29(4)21-31(39)6)34(9)23-43(35)38-16-20-48-46(28-38)45-27-37(15-19-47(45)49(48)12-3)41-25-36(11-2)44(24-33(41)8)40-18-14-30(5)22-32(40)7/h13-28H,10-12H2,1-9H3. The van der Waals surface area contributed by atoms with Crippen molar-refractivity contribution in [2.45, 2.75) is 81.7 Å². The molecule has 0 radical (unpaired) electrons. The SMILES string of the molecule is CCc1cc(-c2ccc(C)cc2C)c(C)cc1-c1ccc2c(c1)c1cc(-c3cc(CC)c(-c4ccc(C)cc4C)cc3C)ccc1n2CC. The molecular weight excluding hydrogens is 591 g/mol. The summed E-state index contributed by atoms with van der Waals surface area (Å²) in [5.74, 6) is 0. The normalized spacial score (nSPS) is 11.6. The molecule has 0 bridgehead atoms. The topological polar surface area (TPSA) is 4.93 Å². The van der Waals surface area contributed by atoms with Crippen LogP contribution in [0.1, 0.15) is 65.3 Å². The maximum Gasteiger partial charge on any atom is 0.0491 e. The fourth-order valence-corrected chi connectivity index (χ4v) is 8.22. The van der Waals surface area contributed by atoms with E-state index in [0.717, 1.165) is 19.4 Å². The Hall–Kier alpha value is -4.88. The molecule has 49 heavy (non-hydrogen) atoms. The van der Waals surface area contributed by atoms with Gasteiger partial charge < -0.3 is 4.57 Å². The van der Waals surface area contributed by atoms with Gasteiger partial charge in [0.25, 0.3) is 0 Å². The Balaban J connectivity index is 1.37. The first-order valence-corrected chi connectivity index (χ1v) is 18.1. The zero-order chi connectivity index (χ0) is 34.6. The minimum Gasteiger partial charge on any atom is -0.341 e. The van der Waals surface area contributed by atoms with E-state index in [9.17, 15) is 0 Å². The van der Waals surface area contributed by atoms with Gasteiger partial charge in [-0.3, -0.25) is 0 Å². The highest BCUT2D eigenvalue weighted by molar-refractivity contribution is 6.10. The molecule has 7 aromatic rings. The van der Waals surface area contributed by atoms with Crippen molar-refractivity contribution in [1.82, 2.24) is 4.57 Å². The smallest absolute Gasteiger partial charge is 0.0491 e. The predicted octanol–water partition coefficient (Wildman–Crippen LogP) is 13.5. The number of fused-ring (bicyclic) bond motifs is 3. The van der Waals surface area contributed by atoms with Gasteiger partial charge in [-0.1, -0.05) is 97.8 Å². The van der Waals surface area contributed by atoms with Crippen molar-refractivity contribution in [1.29, 1.82) is 0 Å². The maximum absolute atomic E-state index is 2.47. The third kappa shape index (κ3) is 5.70. The second kappa shape index (κ2) is 12.9. The first kappa shape index (κ1) is 32.7. The van der Waals surface area contributed by atoms with Crippen molar-refractivity contribution in [3.05, 3.63) is 142 Å². The largest absolute Gasteiger partial charge is 0.341 e. The Morgan fingerprint density at radius 1 is 0.388 bits per heavy atom. The van der Waals surface area contributed by atoms with Crippen molar-refractivity contribution in [2.75, 3.05) is 0 Å². The molecule has 7 rings (SSSR count). The first-order valence-electron chi connectivity index (χ1n) is 18.1. The van der Waals surface area contributed by atoms with Crippen molar-refractivity contribution >= 4 is 21.8 Å². The highest BCUT2D eigenvalue weighted by Crippen LogP contribution is 2.40. The summed E-state index contributed by atoms with van der Waals surface area (Å²) in [6.07, 6.45) is 1.99. The third-order valence-electron chi connectivity index (χ3n) is 10.8. The first-order chi connectivity index (χ1) is 23.6. The number of aromatic nitrogens is 1. The summed E-state index contributed by atoms with van der Waals surface area (Å²) in [6.45, 7) is 21.1. The molecule has 1 heteroatoms. The van der Waals surface area contributed by atoms with Gasteiger partial charge >= 0.3 is 0 Å². The van der Waals surface area contributed by atoms with E-state index in [1.807, 2.05) is 0 Å². The van der Waals surface area contributed by atoms with Gasteiger partial charge in [0.1, 0.15) is 0 Å². The average molecular weight is 640 g/mol. The Morgan fingerprint density at radius 2 is 0.837 bits per heavy atom. The number of hydrogen-bond donors (Lipinski definition) is 0. The van der Waals surface area contributed by atoms with Crippen LogP contribution < -0.4 is 0 Å². The summed E-state index contributed by atoms with van der Waals surface area (Å²) in [6, 6.07) is 37.6. The number of rotatable bonds is 7. The van der Waals surface area contributed by atoms with Crippen LogP contribution in [0.2, 0.25) is 0 Å². The lowest BCUT2D eigenvalue weighted by Crippen LogP contribution is -1.96. The summed E-state index contributed by atoms with van der Waals surface area (Å²) in [4.78, 5) is 0. The van der Waals surface area contributed by atoms with E-state index in [1.54, 1.807) is 0 Å². The highest BCUT2D eigenvalue weighted by Gasteiger charge is 2.17. The summed E-state index contributed by atoms with van der Waals surface area (Å²) < 4.78 is 2.47. The molecular formula is C48H49N. The van der Waals surface area contributed by atoms with E-state index in [1.165, 1.54) is 111 Å². The van der Waals surface area contributed by atoms with Crippen molar-refractivity contribution in [2.24, 2.45) is 0 Å². The molecule has 0 fully saturated rings. The molecule has 0 unspecified atom stereocenters. The van der Waals surface area contributed by atoms with Crippen LogP contribution in [0.15, 0.2) is 97.1 Å². The van der Waals surface area contributed by atoms with Gasteiger partial charge in [0.05, 0.1) is 0 Å². The lowest BCUT2D eigenvalue weighted by molar-refractivity contribution is 0.827. The minimum atomic E-state index is 0.937. The molecule has 0 spiro atoms. The van der Waals surface area contributed by atoms with Crippen LogP contribution in [0, 0.1) is 41.5 Å². The highest BCUT2D eigenvalue weighted by atomic mass is 15.0. The van der Waals surface area contributed by atoms with E-state index in [-0.39, 0.29) is 0 Å². The fraction of sp³-hybridized carbons (Fsp3) is 0.250. The van der Waals surface area contributed by atoms with Crippen molar-refractivity contribution in [3.8, 4) is 44.5 Å². The van der Waals surface area contributed by atoms with Gasteiger partial charge in [0.2, 0.25) is 0 Å². The number of hydrogen-bond acceptors (Lipinski definition) is 0. The Kier molecular flexibility index (Phi) is 8.57. The van der Waals surface area contributed by atoms with Crippen LogP contribution in [0.4, 0.5) is 0 Å². The molecule has 0 amide bonds. The third-order valence-corrected chi connectivity index (χ3v) is 10.8. The van der Waals surface area contributed by atoms with E-state index < -0.39 is 0 Å². The van der Waals surface area contributed by atoms with E-state index in [0.29, 0.717) is 0 Å². The van der Waals surface area contributed by atoms with Gasteiger partial charge in [0, 0.05) is 28.4 Å². The zero-order valence-corrected chi connectivity index (χ0v) is 30.8. The number of benzene rings is 6. The van der Waals surface area contributed by atoms with Gasteiger partial charge in [-0.25, -0.2) is 0 Å². The van der Waals surface area contributed by atoms with Gasteiger partial charge in [-0.05, 0) is 163 Å². The van der Waals surface area contributed by atoms with Crippen LogP contribution >= 0.6 is 0 Å². The second-order valence-electron chi connectivity index (χ2n) is 14.2. The van der Waals surface area contributed by atoms with Gasteiger partial charge in [-0.2, -0.15) is 0 Å². The van der Waals surface area contributed by atoms with E-state index in [4.69, 9.17) is 0 Å². The zero-order valence-electron chi connectivity index (χ0n) is 30.8. The molecule has 0 atom stereocenters. The van der Waals surface area contributed by atoms with Crippen molar-refractivity contribution < 1.29 is 0 Å². The molecule has 0 aliphatic heterocycles. The van der Waals surface area contributed by atoms with Gasteiger partial charge in [-0.15, -0.1) is 0 Å². The van der Waals surface area contributed by atoms with Crippen LogP contribution in [-0.2, 0) is 19.4 Å². The Labute approximate surface area is 293 Å². The van der Waals surface area contributed by atoms with Gasteiger partial charge in [0.15, 0.2) is 0 Å². The molecule has 0 saturated heterocycles. The Bertz CT molecular complexity index is 2400. The summed E-state index contributed by atoms with van der Waals surface area (Å²) >= 11 is 0. The van der Waals surface area contributed by atoms with Crippen LogP contribution in [0.25, 0.3) is 66.3 Å². The number of aryl methyl sites for hydroxylation is 9. The molecule has 0 aliphatic carbocycles. The lowest BCUT2D eigenvalue weighted by Gasteiger charge is -2.17. The molecule has 0 N–H and O–H groups in total. The fourth-order valence-electron chi connectivity index (χ4n) is 8.22. The molecule has 0 saturated carbocycles. The minimum absolute atomic E-state index is 0.937. The quantitative estimate of drug-likeness (QED) is 0.164. The predicted molar refractivity (Wildman–Crippen MR) is 214 cm³/mol. The van der Waals surface area contributed by atoms with Crippen LogP contribution in [0.3, 0.4) is 0 Å². The molecule has 0 aliphatic rings. The second-order valence-corrected chi connectivity index (χ2v) is 14.2. The maximum atomic E-state index is 2.47. The van der Waals surface area contributed by atoms with Crippen LogP contribution in [0.5, 0.6) is 0 Å². The Morgan fingerprint density at radius 3 is 1.37 bits per heavy atom. The van der Waals surface area contributed by atoms with Crippen molar-refractivity contribution in [3.63, 3.8) is 0 Å². The number of nitrogens with zero attached hydrogens (tertiary/aromatic N) is 1. The average Bonchev–Trinajstić information content (AvgIpc) is 3.40. The molecule has 246 valence electrons. The van der Waals surface area contributed by atoms with E-state index in [2.05, 4.69) is 164 Å². The lowest BCUT2D eigenvalue weighted by atomic mass is 9.87. The van der Waals surface area contributed by atoms with Crippen LogP contribution in [-0.4, -0.2) is 4.57 Å². The molecule has 1 nitrogen and oxygen atoms in total. The molecule has 1 aromatic heterocycles. The van der Waals surface area contributed by atoms with E-state index >= 15 is 0 Å². The molecule has 6 aromatic carbocycles. The monoisotopic (exact) mass is 639 g/mol. The summed E-state index contributed by atoms with van der Waals surface area (Å²) in [7, 11) is 0. The summed E-state index contributed by atoms with van der Waals surface area (Å²) in [5.41, 5.74) is 24.0. The summed E-state index contributed by atoms with van der Waals surface area (Å²) in [5, 5.41) is 2.66. The molecule has 1 heterocycles.